The second-order valence-electron chi connectivity index (χ2n) is 5.24. The predicted molar refractivity (Wildman–Crippen MR) is 86.4 cm³/mol. The van der Waals surface area contributed by atoms with E-state index in [9.17, 15) is 0 Å². The van der Waals surface area contributed by atoms with Crippen LogP contribution in [0.4, 0.5) is 0 Å². The Labute approximate surface area is 127 Å². The van der Waals surface area contributed by atoms with Gasteiger partial charge in [0.2, 0.25) is 0 Å². The molecule has 1 saturated heterocycles. The van der Waals surface area contributed by atoms with Gasteiger partial charge in [0.05, 0.1) is 0 Å². The Bertz CT molecular complexity index is 747. The van der Waals surface area contributed by atoms with Crippen molar-refractivity contribution in [1.29, 1.82) is 0 Å². The van der Waals surface area contributed by atoms with Gasteiger partial charge in [-0.1, -0.05) is 0 Å². The molecule has 0 radical (unpaired) electrons. The van der Waals surface area contributed by atoms with E-state index in [1.165, 1.54) is 24.3 Å². The molecule has 0 atom stereocenters. The van der Waals surface area contributed by atoms with Gasteiger partial charge in [-0.3, -0.25) is 4.98 Å². The Kier molecular flexibility index (Phi) is 3.35. The maximum absolute atomic E-state index is 4.81. The zero-order chi connectivity index (χ0) is 14.1. The molecule has 0 bridgehead atoms. The lowest BCUT2D eigenvalue weighted by atomic mass is 10.1. The Morgan fingerprint density at radius 2 is 1.95 bits per heavy atom. The third kappa shape index (κ3) is 2.31. The molecule has 0 spiro atoms. The Hall–Kier alpha value is -1.88. The third-order valence-electron chi connectivity index (χ3n) is 3.92. The fourth-order valence-corrected chi connectivity index (χ4v) is 4.00. The van der Waals surface area contributed by atoms with Crippen LogP contribution in [-0.4, -0.2) is 31.0 Å². The molecule has 4 nitrogen and oxygen atoms in total. The minimum atomic E-state index is 0.487. The van der Waals surface area contributed by atoms with Crippen molar-refractivity contribution in [1.82, 2.24) is 19.5 Å². The van der Waals surface area contributed by atoms with Gasteiger partial charge in [0, 0.05) is 30.2 Å². The molecule has 3 aromatic rings. The van der Waals surface area contributed by atoms with Crippen LogP contribution in [0.25, 0.3) is 22.6 Å². The van der Waals surface area contributed by atoms with Crippen LogP contribution in [0, 0.1) is 0 Å². The molecular formula is C16H16N4S. The smallest absolute Gasteiger partial charge is 0.160 e. The van der Waals surface area contributed by atoms with E-state index < -0.39 is 0 Å². The highest BCUT2D eigenvalue weighted by atomic mass is 32.2. The van der Waals surface area contributed by atoms with Gasteiger partial charge in [0.15, 0.2) is 5.65 Å². The molecule has 0 saturated carbocycles. The number of imidazole rings is 1. The quantitative estimate of drug-likeness (QED) is 0.725. The van der Waals surface area contributed by atoms with Gasteiger partial charge in [-0.25, -0.2) is 9.97 Å². The average molecular weight is 296 g/mol. The van der Waals surface area contributed by atoms with Crippen LogP contribution in [0.5, 0.6) is 0 Å². The second-order valence-corrected chi connectivity index (χ2v) is 6.46. The lowest BCUT2D eigenvalue weighted by Crippen LogP contribution is -2.16. The van der Waals surface area contributed by atoms with Gasteiger partial charge in [0.1, 0.15) is 11.3 Å². The molecule has 1 aliphatic rings. The average Bonchev–Trinajstić information content (AvgIpc) is 2.96. The first-order valence-corrected chi connectivity index (χ1v) is 8.40. The molecule has 1 fully saturated rings. The molecule has 0 aliphatic carbocycles. The van der Waals surface area contributed by atoms with Crippen molar-refractivity contribution < 1.29 is 0 Å². The molecular weight excluding hydrogens is 280 g/mol. The van der Waals surface area contributed by atoms with Crippen molar-refractivity contribution in [2.24, 2.45) is 0 Å². The summed E-state index contributed by atoms with van der Waals surface area (Å²) in [6.45, 7) is 0. The fraction of sp³-hybridized carbons (Fsp3) is 0.312. The molecule has 1 aliphatic heterocycles. The van der Waals surface area contributed by atoms with Crippen molar-refractivity contribution >= 4 is 22.9 Å². The van der Waals surface area contributed by atoms with Gasteiger partial charge >= 0.3 is 0 Å². The van der Waals surface area contributed by atoms with E-state index in [1.807, 2.05) is 42.4 Å². The summed E-state index contributed by atoms with van der Waals surface area (Å²) in [6.07, 6.45) is 7.90. The van der Waals surface area contributed by atoms with Crippen LogP contribution < -0.4 is 0 Å². The van der Waals surface area contributed by atoms with Crippen LogP contribution >= 0.6 is 11.8 Å². The van der Waals surface area contributed by atoms with Crippen LogP contribution in [0.15, 0.2) is 42.9 Å². The first-order valence-electron chi connectivity index (χ1n) is 7.24. The lowest BCUT2D eigenvalue weighted by molar-refractivity contribution is 0.482. The van der Waals surface area contributed by atoms with Gasteiger partial charge in [-0.15, -0.1) is 0 Å². The number of rotatable bonds is 2. The summed E-state index contributed by atoms with van der Waals surface area (Å²) in [5.74, 6) is 3.42. The zero-order valence-corrected chi connectivity index (χ0v) is 12.5. The summed E-state index contributed by atoms with van der Waals surface area (Å²) < 4.78 is 2.33. The monoisotopic (exact) mass is 296 g/mol. The van der Waals surface area contributed by atoms with Gasteiger partial charge in [-0.2, -0.15) is 11.8 Å². The molecule has 21 heavy (non-hydrogen) atoms. The molecule has 106 valence electrons. The van der Waals surface area contributed by atoms with Crippen molar-refractivity contribution in [3.05, 3.63) is 42.9 Å². The highest BCUT2D eigenvalue weighted by molar-refractivity contribution is 7.99. The van der Waals surface area contributed by atoms with Crippen molar-refractivity contribution in [3.63, 3.8) is 0 Å². The summed E-state index contributed by atoms with van der Waals surface area (Å²) in [7, 11) is 0. The van der Waals surface area contributed by atoms with E-state index in [1.54, 1.807) is 6.20 Å². The van der Waals surface area contributed by atoms with E-state index in [2.05, 4.69) is 20.6 Å². The van der Waals surface area contributed by atoms with E-state index in [4.69, 9.17) is 4.98 Å². The van der Waals surface area contributed by atoms with Crippen LogP contribution in [0.3, 0.4) is 0 Å². The van der Waals surface area contributed by atoms with Crippen molar-refractivity contribution in [3.8, 4) is 11.4 Å². The minimum Gasteiger partial charge on any atom is -0.305 e. The molecule has 3 aromatic heterocycles. The van der Waals surface area contributed by atoms with E-state index in [-0.39, 0.29) is 0 Å². The lowest BCUT2D eigenvalue weighted by Gasteiger charge is -2.24. The highest BCUT2D eigenvalue weighted by Crippen LogP contribution is 2.34. The maximum atomic E-state index is 4.81. The van der Waals surface area contributed by atoms with Crippen molar-refractivity contribution in [2.75, 3.05) is 11.5 Å². The van der Waals surface area contributed by atoms with Gasteiger partial charge in [0.25, 0.3) is 0 Å². The number of nitrogens with zero attached hydrogens (tertiary/aromatic N) is 4. The summed E-state index contributed by atoms with van der Waals surface area (Å²) in [6, 6.07) is 8.51. The second kappa shape index (κ2) is 5.48. The molecule has 0 aromatic carbocycles. The summed E-state index contributed by atoms with van der Waals surface area (Å²) in [5, 5.41) is 0. The first kappa shape index (κ1) is 12.8. The van der Waals surface area contributed by atoms with Crippen LogP contribution in [0.2, 0.25) is 0 Å². The Morgan fingerprint density at radius 1 is 1.10 bits per heavy atom. The van der Waals surface area contributed by atoms with Gasteiger partial charge < -0.3 is 4.57 Å². The van der Waals surface area contributed by atoms with Gasteiger partial charge in [-0.05, 0) is 48.6 Å². The number of hydrogen-bond donors (Lipinski definition) is 0. The Balaban J connectivity index is 1.92. The standard InChI is InChI=1S/C16H16N4S/c1-3-12(11-17-7-1)15-19-14-4-2-8-18-16(14)20(15)13-5-9-21-10-6-13/h1-4,7-8,11,13H,5-6,9-10H2. The topological polar surface area (TPSA) is 43.6 Å². The molecule has 0 amide bonds. The van der Waals surface area contributed by atoms with Crippen LogP contribution in [-0.2, 0) is 0 Å². The molecule has 0 N–H and O–H groups in total. The molecule has 4 heterocycles. The summed E-state index contributed by atoms with van der Waals surface area (Å²) in [4.78, 5) is 13.6. The van der Waals surface area contributed by atoms with E-state index >= 15 is 0 Å². The minimum absolute atomic E-state index is 0.487. The third-order valence-corrected chi connectivity index (χ3v) is 4.97. The molecule has 5 heteroatoms. The van der Waals surface area contributed by atoms with Crippen molar-refractivity contribution in [2.45, 2.75) is 18.9 Å². The highest BCUT2D eigenvalue weighted by Gasteiger charge is 2.22. The molecule has 4 rings (SSSR count). The number of pyridine rings is 2. The number of hydrogen-bond acceptors (Lipinski definition) is 4. The number of thioether (sulfide) groups is 1. The number of fused-ring (bicyclic) bond motifs is 1. The maximum Gasteiger partial charge on any atom is 0.160 e. The number of aromatic nitrogens is 4. The zero-order valence-electron chi connectivity index (χ0n) is 11.6. The van der Waals surface area contributed by atoms with E-state index in [0.717, 1.165) is 22.6 Å². The summed E-state index contributed by atoms with van der Waals surface area (Å²) in [5.41, 5.74) is 3.02. The summed E-state index contributed by atoms with van der Waals surface area (Å²) >= 11 is 2.04. The SMILES string of the molecule is c1cncc(-c2nc3cccnc3n2C2CCSCC2)c1. The van der Waals surface area contributed by atoms with Crippen LogP contribution in [0.1, 0.15) is 18.9 Å². The Morgan fingerprint density at radius 3 is 2.76 bits per heavy atom. The predicted octanol–water partition coefficient (Wildman–Crippen LogP) is 3.56. The first-order chi connectivity index (χ1) is 10.4. The molecule has 0 unspecified atom stereocenters. The van der Waals surface area contributed by atoms with E-state index in [0.29, 0.717) is 6.04 Å². The largest absolute Gasteiger partial charge is 0.305 e. The fourth-order valence-electron chi connectivity index (χ4n) is 2.92. The normalized spacial score (nSPS) is 16.4.